The Kier molecular flexibility index (Phi) is 6.10. The van der Waals surface area contributed by atoms with Crippen molar-refractivity contribution in [1.82, 2.24) is 5.32 Å². The number of rotatable bonds is 6. The molecule has 1 atom stereocenters. The minimum atomic E-state index is -0.494. The second-order valence-corrected chi connectivity index (χ2v) is 5.63. The van der Waals surface area contributed by atoms with Gasteiger partial charge in [-0.05, 0) is 37.1 Å². The highest BCUT2D eigenvalue weighted by Crippen LogP contribution is 2.16. The van der Waals surface area contributed by atoms with Gasteiger partial charge in [-0.2, -0.15) is 0 Å². The van der Waals surface area contributed by atoms with Crippen LogP contribution in [0.2, 0.25) is 0 Å². The topological polar surface area (TPSA) is 50.7 Å². The van der Waals surface area contributed by atoms with Crippen LogP contribution in [0.5, 0.6) is 5.75 Å². The number of benzene rings is 1. The van der Waals surface area contributed by atoms with Crippen LogP contribution in [-0.4, -0.2) is 43.6 Å². The Morgan fingerprint density at radius 2 is 2.00 bits per heavy atom. The molecule has 1 fully saturated rings. The highest BCUT2D eigenvalue weighted by Gasteiger charge is 2.14. The molecule has 1 saturated heterocycles. The van der Waals surface area contributed by atoms with Gasteiger partial charge in [0.2, 0.25) is 0 Å². The molecule has 0 radical (unpaired) electrons. The average molecular weight is 330 g/mol. The molecule has 1 heterocycles. The molecule has 1 aliphatic rings. The van der Waals surface area contributed by atoms with E-state index < -0.39 is 6.10 Å². The van der Waals surface area contributed by atoms with Crippen LogP contribution in [0.25, 0.3) is 0 Å². The molecular weight excluding hydrogens is 310 g/mol. The van der Waals surface area contributed by atoms with Gasteiger partial charge in [0.05, 0.1) is 0 Å². The molecule has 2 N–H and O–H groups in total. The first kappa shape index (κ1) is 14.8. The molecule has 1 unspecified atom stereocenters. The molecule has 19 heavy (non-hydrogen) atoms. The van der Waals surface area contributed by atoms with Gasteiger partial charge in [0.25, 0.3) is 0 Å². The van der Waals surface area contributed by atoms with Crippen LogP contribution in [-0.2, 0) is 4.74 Å². The molecule has 106 valence electrons. The summed E-state index contributed by atoms with van der Waals surface area (Å²) in [6, 6.07) is 8.05. The summed E-state index contributed by atoms with van der Waals surface area (Å²) in [5.41, 5.74) is 0. The predicted molar refractivity (Wildman–Crippen MR) is 77.5 cm³/mol. The van der Waals surface area contributed by atoms with Crippen LogP contribution >= 0.6 is 15.9 Å². The van der Waals surface area contributed by atoms with Crippen molar-refractivity contribution in [3.05, 3.63) is 28.7 Å². The number of halogens is 1. The van der Waals surface area contributed by atoms with Gasteiger partial charge in [-0.3, -0.25) is 0 Å². The minimum Gasteiger partial charge on any atom is -0.491 e. The third-order valence-electron chi connectivity index (χ3n) is 3.12. The summed E-state index contributed by atoms with van der Waals surface area (Å²) in [6.45, 7) is 2.48. The van der Waals surface area contributed by atoms with Gasteiger partial charge in [-0.1, -0.05) is 15.9 Å². The Balaban J connectivity index is 1.63. The third kappa shape index (κ3) is 5.48. The van der Waals surface area contributed by atoms with E-state index >= 15 is 0 Å². The molecule has 1 aromatic carbocycles. The largest absolute Gasteiger partial charge is 0.491 e. The molecule has 4 nitrogen and oxygen atoms in total. The van der Waals surface area contributed by atoms with Gasteiger partial charge in [-0.15, -0.1) is 0 Å². The summed E-state index contributed by atoms with van der Waals surface area (Å²) < 4.78 is 11.8. The number of ether oxygens (including phenoxy) is 2. The zero-order valence-corrected chi connectivity index (χ0v) is 12.4. The monoisotopic (exact) mass is 329 g/mol. The van der Waals surface area contributed by atoms with E-state index in [4.69, 9.17) is 9.47 Å². The summed E-state index contributed by atoms with van der Waals surface area (Å²) in [5.74, 6) is 0.772. The summed E-state index contributed by atoms with van der Waals surface area (Å²) in [7, 11) is 0. The van der Waals surface area contributed by atoms with E-state index in [1.165, 1.54) is 0 Å². The Labute approximate surface area is 122 Å². The number of hydrogen-bond acceptors (Lipinski definition) is 4. The summed E-state index contributed by atoms with van der Waals surface area (Å²) in [6.07, 6.45) is 1.53. The molecule has 0 amide bonds. The van der Waals surface area contributed by atoms with Crippen molar-refractivity contribution in [3.8, 4) is 5.75 Å². The van der Waals surface area contributed by atoms with Crippen molar-refractivity contribution in [2.24, 2.45) is 0 Å². The Hall–Kier alpha value is -0.620. The van der Waals surface area contributed by atoms with E-state index in [-0.39, 0.29) is 0 Å². The van der Waals surface area contributed by atoms with Gasteiger partial charge in [0, 0.05) is 30.3 Å². The zero-order valence-electron chi connectivity index (χ0n) is 10.8. The van der Waals surface area contributed by atoms with E-state index in [1.54, 1.807) is 0 Å². The lowest BCUT2D eigenvalue weighted by Gasteiger charge is -2.24. The summed E-state index contributed by atoms with van der Waals surface area (Å²) >= 11 is 3.37. The highest BCUT2D eigenvalue weighted by atomic mass is 79.9. The van der Waals surface area contributed by atoms with Gasteiger partial charge in [0.1, 0.15) is 18.5 Å². The van der Waals surface area contributed by atoms with Crippen LogP contribution in [0.4, 0.5) is 0 Å². The van der Waals surface area contributed by atoms with E-state index in [9.17, 15) is 5.11 Å². The quantitative estimate of drug-likeness (QED) is 0.837. The highest BCUT2D eigenvalue weighted by molar-refractivity contribution is 9.10. The number of aliphatic hydroxyl groups excluding tert-OH is 1. The first-order valence-corrected chi connectivity index (χ1v) is 7.41. The fourth-order valence-electron chi connectivity index (χ4n) is 1.99. The van der Waals surface area contributed by atoms with E-state index in [1.807, 2.05) is 24.3 Å². The maximum Gasteiger partial charge on any atom is 0.119 e. The minimum absolute atomic E-state index is 0.303. The lowest BCUT2D eigenvalue weighted by molar-refractivity contribution is 0.0655. The van der Waals surface area contributed by atoms with Crippen LogP contribution in [0, 0.1) is 0 Å². The second-order valence-electron chi connectivity index (χ2n) is 4.71. The Morgan fingerprint density at radius 3 is 2.68 bits per heavy atom. The lowest BCUT2D eigenvalue weighted by Crippen LogP contribution is -2.40. The van der Waals surface area contributed by atoms with Crippen molar-refractivity contribution >= 4 is 15.9 Å². The first-order valence-electron chi connectivity index (χ1n) is 6.61. The Bertz CT molecular complexity index is 365. The van der Waals surface area contributed by atoms with E-state index in [0.717, 1.165) is 36.3 Å². The van der Waals surface area contributed by atoms with Gasteiger partial charge >= 0.3 is 0 Å². The zero-order chi connectivity index (χ0) is 13.5. The summed E-state index contributed by atoms with van der Waals surface area (Å²) in [4.78, 5) is 0. The van der Waals surface area contributed by atoms with Crippen LogP contribution < -0.4 is 10.1 Å². The molecule has 0 saturated carbocycles. The van der Waals surface area contributed by atoms with E-state index in [0.29, 0.717) is 19.2 Å². The van der Waals surface area contributed by atoms with Crippen LogP contribution in [0.15, 0.2) is 28.7 Å². The fraction of sp³-hybridized carbons (Fsp3) is 0.571. The molecule has 0 bridgehead atoms. The standard InChI is InChI=1S/C14H20BrNO3/c15-11-1-3-14(4-2-11)19-10-13(17)9-16-12-5-7-18-8-6-12/h1-4,12-13,16-17H,5-10H2. The SMILES string of the molecule is OC(CNC1CCOCC1)COc1ccc(Br)cc1. The van der Waals surface area contributed by atoms with Crippen LogP contribution in [0.3, 0.4) is 0 Å². The maximum atomic E-state index is 9.87. The Morgan fingerprint density at radius 1 is 1.32 bits per heavy atom. The molecule has 0 aromatic heterocycles. The van der Waals surface area contributed by atoms with Crippen molar-refractivity contribution in [3.63, 3.8) is 0 Å². The lowest BCUT2D eigenvalue weighted by atomic mass is 10.1. The van der Waals surface area contributed by atoms with E-state index in [2.05, 4.69) is 21.2 Å². The van der Waals surface area contributed by atoms with Crippen molar-refractivity contribution in [1.29, 1.82) is 0 Å². The van der Waals surface area contributed by atoms with Gasteiger partial charge < -0.3 is 19.9 Å². The van der Waals surface area contributed by atoms with Gasteiger partial charge in [-0.25, -0.2) is 0 Å². The van der Waals surface area contributed by atoms with Crippen molar-refractivity contribution < 1.29 is 14.6 Å². The molecule has 5 heteroatoms. The van der Waals surface area contributed by atoms with Gasteiger partial charge in [0.15, 0.2) is 0 Å². The molecule has 0 spiro atoms. The molecule has 1 aliphatic heterocycles. The molecule has 0 aliphatic carbocycles. The predicted octanol–water partition coefficient (Wildman–Crippen LogP) is 1.96. The maximum absolute atomic E-state index is 9.87. The first-order chi connectivity index (χ1) is 9.24. The number of aliphatic hydroxyl groups is 1. The fourth-order valence-corrected chi connectivity index (χ4v) is 2.25. The number of hydrogen-bond donors (Lipinski definition) is 2. The van der Waals surface area contributed by atoms with Crippen molar-refractivity contribution in [2.75, 3.05) is 26.4 Å². The number of nitrogens with one attached hydrogen (secondary N) is 1. The average Bonchev–Trinajstić information content (AvgIpc) is 2.45. The normalized spacial score (nSPS) is 18.2. The molecule has 1 aromatic rings. The summed E-state index contributed by atoms with van der Waals surface area (Å²) in [5, 5.41) is 13.2. The molecular formula is C14H20BrNO3. The smallest absolute Gasteiger partial charge is 0.119 e. The molecule has 2 rings (SSSR count). The third-order valence-corrected chi connectivity index (χ3v) is 3.65. The van der Waals surface area contributed by atoms with Crippen LogP contribution in [0.1, 0.15) is 12.8 Å². The van der Waals surface area contributed by atoms with Crippen molar-refractivity contribution in [2.45, 2.75) is 25.0 Å². The second kappa shape index (κ2) is 7.85.